The van der Waals surface area contributed by atoms with Crippen LogP contribution < -0.4 is 9.80 Å². The zero-order valence-corrected chi connectivity index (χ0v) is 18.0. The molecule has 2 heterocycles. The standard InChI is InChI=1S/C21H28ClN5O2/c1-4-26(5-2)21-23-14-18(22)19(24-21)20(28)25(3)15-16-6-8-17(9-7-16)27-10-12-29-13-11-27/h6-9,14H,4-5,10-13,15H2,1-3H3. The third kappa shape index (κ3) is 5.16. The summed E-state index contributed by atoms with van der Waals surface area (Å²) >= 11 is 6.23. The maximum Gasteiger partial charge on any atom is 0.274 e. The number of hydrogen-bond acceptors (Lipinski definition) is 6. The van der Waals surface area contributed by atoms with Crippen molar-refractivity contribution in [2.45, 2.75) is 20.4 Å². The van der Waals surface area contributed by atoms with Crippen LogP contribution in [-0.2, 0) is 11.3 Å². The summed E-state index contributed by atoms with van der Waals surface area (Å²) in [5, 5.41) is 0.264. The molecule has 1 aromatic heterocycles. The van der Waals surface area contributed by atoms with Crippen LogP contribution >= 0.6 is 11.6 Å². The fraction of sp³-hybridized carbons (Fsp3) is 0.476. The van der Waals surface area contributed by atoms with Crippen molar-refractivity contribution < 1.29 is 9.53 Å². The van der Waals surface area contributed by atoms with Gasteiger partial charge in [-0.15, -0.1) is 0 Å². The Morgan fingerprint density at radius 3 is 2.45 bits per heavy atom. The van der Waals surface area contributed by atoms with Crippen LogP contribution in [0.15, 0.2) is 30.5 Å². The lowest BCUT2D eigenvalue weighted by Crippen LogP contribution is -2.36. The SMILES string of the molecule is CCN(CC)c1ncc(Cl)c(C(=O)N(C)Cc2ccc(N3CCOCC3)cc2)n1. The molecule has 0 unspecified atom stereocenters. The average Bonchev–Trinajstić information content (AvgIpc) is 2.76. The molecule has 0 saturated carbocycles. The van der Waals surface area contributed by atoms with Crippen LogP contribution in [0.2, 0.25) is 5.02 Å². The minimum atomic E-state index is -0.219. The predicted molar refractivity (Wildman–Crippen MR) is 116 cm³/mol. The molecular weight excluding hydrogens is 390 g/mol. The van der Waals surface area contributed by atoms with Gasteiger partial charge in [0.05, 0.1) is 24.4 Å². The smallest absolute Gasteiger partial charge is 0.274 e. The first-order valence-electron chi connectivity index (χ1n) is 9.98. The van der Waals surface area contributed by atoms with Crippen LogP contribution in [0.4, 0.5) is 11.6 Å². The third-order valence-electron chi connectivity index (χ3n) is 5.06. The fourth-order valence-electron chi connectivity index (χ4n) is 3.33. The Balaban J connectivity index is 1.69. The quantitative estimate of drug-likeness (QED) is 0.689. The molecule has 1 amide bonds. The average molecular weight is 418 g/mol. The highest BCUT2D eigenvalue weighted by atomic mass is 35.5. The number of benzene rings is 1. The van der Waals surface area contributed by atoms with E-state index in [9.17, 15) is 4.79 Å². The van der Waals surface area contributed by atoms with Crippen molar-refractivity contribution in [3.05, 3.63) is 46.7 Å². The number of halogens is 1. The van der Waals surface area contributed by atoms with Gasteiger partial charge in [0.2, 0.25) is 5.95 Å². The third-order valence-corrected chi connectivity index (χ3v) is 5.34. The highest BCUT2D eigenvalue weighted by Crippen LogP contribution is 2.20. The number of nitrogens with zero attached hydrogens (tertiary/aromatic N) is 5. The lowest BCUT2D eigenvalue weighted by Gasteiger charge is -2.29. The molecule has 0 bridgehead atoms. The summed E-state index contributed by atoms with van der Waals surface area (Å²) in [7, 11) is 1.76. The van der Waals surface area contributed by atoms with Crippen LogP contribution in [0.25, 0.3) is 0 Å². The Morgan fingerprint density at radius 2 is 1.83 bits per heavy atom. The number of morpholine rings is 1. The lowest BCUT2D eigenvalue weighted by atomic mass is 10.1. The van der Waals surface area contributed by atoms with Gasteiger partial charge in [-0.05, 0) is 31.5 Å². The molecule has 1 aromatic carbocycles. The maximum absolute atomic E-state index is 12.9. The van der Waals surface area contributed by atoms with Gasteiger partial charge in [0, 0.05) is 45.5 Å². The monoisotopic (exact) mass is 417 g/mol. The van der Waals surface area contributed by atoms with E-state index in [1.54, 1.807) is 11.9 Å². The first kappa shape index (κ1) is 21.3. The minimum Gasteiger partial charge on any atom is -0.378 e. The van der Waals surface area contributed by atoms with Crippen LogP contribution in [0, 0.1) is 0 Å². The van der Waals surface area contributed by atoms with Crippen LogP contribution in [0.1, 0.15) is 29.9 Å². The second kappa shape index (κ2) is 9.89. The molecule has 29 heavy (non-hydrogen) atoms. The van der Waals surface area contributed by atoms with E-state index in [0.717, 1.165) is 45.0 Å². The van der Waals surface area contributed by atoms with Crippen molar-refractivity contribution in [1.82, 2.24) is 14.9 Å². The molecule has 0 radical (unpaired) electrons. The largest absolute Gasteiger partial charge is 0.378 e. The Morgan fingerprint density at radius 1 is 1.17 bits per heavy atom. The molecule has 0 atom stereocenters. The Bertz CT molecular complexity index is 820. The molecule has 1 fully saturated rings. The van der Waals surface area contributed by atoms with E-state index in [2.05, 4.69) is 39.1 Å². The number of aromatic nitrogens is 2. The molecule has 156 valence electrons. The first-order valence-corrected chi connectivity index (χ1v) is 10.4. The molecule has 0 aliphatic carbocycles. The highest BCUT2D eigenvalue weighted by molar-refractivity contribution is 6.33. The molecule has 8 heteroatoms. The molecule has 1 aliphatic rings. The zero-order valence-electron chi connectivity index (χ0n) is 17.3. The maximum atomic E-state index is 12.9. The van der Waals surface area contributed by atoms with Crippen LogP contribution in [0.3, 0.4) is 0 Å². The van der Waals surface area contributed by atoms with E-state index >= 15 is 0 Å². The van der Waals surface area contributed by atoms with Crippen molar-refractivity contribution in [3.8, 4) is 0 Å². The van der Waals surface area contributed by atoms with E-state index in [1.807, 2.05) is 18.7 Å². The number of carbonyl (C=O) groups is 1. The van der Waals surface area contributed by atoms with Gasteiger partial charge in [0.25, 0.3) is 5.91 Å². The normalized spacial score (nSPS) is 14.0. The van der Waals surface area contributed by atoms with Gasteiger partial charge >= 0.3 is 0 Å². The molecule has 0 N–H and O–H groups in total. The van der Waals surface area contributed by atoms with Gasteiger partial charge in [0.15, 0.2) is 5.69 Å². The Labute approximate surface area is 177 Å². The lowest BCUT2D eigenvalue weighted by molar-refractivity contribution is 0.0779. The summed E-state index contributed by atoms with van der Waals surface area (Å²) in [4.78, 5) is 27.5. The topological polar surface area (TPSA) is 61.8 Å². The number of amides is 1. The number of carbonyl (C=O) groups excluding carboxylic acids is 1. The summed E-state index contributed by atoms with van der Waals surface area (Å²) in [5.74, 6) is 0.300. The molecule has 3 rings (SSSR count). The highest BCUT2D eigenvalue weighted by Gasteiger charge is 2.20. The van der Waals surface area contributed by atoms with Crippen molar-refractivity contribution in [3.63, 3.8) is 0 Å². The second-order valence-electron chi connectivity index (χ2n) is 6.97. The van der Waals surface area contributed by atoms with Gasteiger partial charge in [0.1, 0.15) is 0 Å². The number of ether oxygens (including phenoxy) is 1. The molecular formula is C21H28ClN5O2. The first-order chi connectivity index (χ1) is 14.0. The fourth-order valence-corrected chi connectivity index (χ4v) is 3.50. The molecule has 7 nitrogen and oxygen atoms in total. The summed E-state index contributed by atoms with van der Waals surface area (Å²) in [6, 6.07) is 8.29. The second-order valence-corrected chi connectivity index (χ2v) is 7.37. The molecule has 1 saturated heterocycles. The van der Waals surface area contributed by atoms with Crippen LogP contribution in [0.5, 0.6) is 0 Å². The van der Waals surface area contributed by atoms with Crippen molar-refractivity contribution in [1.29, 1.82) is 0 Å². The summed E-state index contributed by atoms with van der Waals surface area (Å²) in [6.45, 7) is 9.36. The molecule has 2 aromatic rings. The van der Waals surface area contributed by atoms with Gasteiger partial charge in [-0.1, -0.05) is 23.7 Å². The van der Waals surface area contributed by atoms with E-state index in [-0.39, 0.29) is 16.6 Å². The van der Waals surface area contributed by atoms with Crippen LogP contribution in [-0.4, -0.2) is 67.2 Å². The molecule has 1 aliphatic heterocycles. The summed E-state index contributed by atoms with van der Waals surface area (Å²) in [6.07, 6.45) is 1.50. The number of hydrogen-bond donors (Lipinski definition) is 0. The Hall–Kier alpha value is -2.38. The van der Waals surface area contributed by atoms with E-state index in [1.165, 1.54) is 11.9 Å². The van der Waals surface area contributed by atoms with E-state index in [4.69, 9.17) is 16.3 Å². The number of rotatable bonds is 7. The minimum absolute atomic E-state index is 0.219. The van der Waals surface area contributed by atoms with E-state index in [0.29, 0.717) is 12.5 Å². The van der Waals surface area contributed by atoms with Gasteiger partial charge in [-0.25, -0.2) is 9.97 Å². The van der Waals surface area contributed by atoms with Crippen molar-refractivity contribution in [2.24, 2.45) is 0 Å². The van der Waals surface area contributed by atoms with Gasteiger partial charge in [-0.2, -0.15) is 0 Å². The number of anilines is 2. The summed E-state index contributed by atoms with van der Waals surface area (Å²) in [5.41, 5.74) is 2.46. The van der Waals surface area contributed by atoms with Gasteiger partial charge < -0.3 is 19.4 Å². The van der Waals surface area contributed by atoms with E-state index < -0.39 is 0 Å². The van der Waals surface area contributed by atoms with Gasteiger partial charge in [-0.3, -0.25) is 4.79 Å². The molecule has 0 spiro atoms. The Kier molecular flexibility index (Phi) is 7.28. The predicted octanol–water partition coefficient (Wildman–Crippen LogP) is 3.09. The summed E-state index contributed by atoms with van der Waals surface area (Å²) < 4.78 is 5.40. The zero-order chi connectivity index (χ0) is 20.8. The van der Waals surface area contributed by atoms with Crippen molar-refractivity contribution in [2.75, 3.05) is 56.2 Å². The van der Waals surface area contributed by atoms with Crippen molar-refractivity contribution >= 4 is 29.1 Å².